The number of nitrogens with zero attached hydrogens (tertiary/aromatic N) is 2. The van der Waals surface area contributed by atoms with Crippen LogP contribution < -0.4 is 14.8 Å². The Balaban J connectivity index is 1.76. The minimum atomic E-state index is -0.126. The number of methoxy groups -OCH3 is 2. The van der Waals surface area contributed by atoms with E-state index in [1.807, 2.05) is 48.5 Å². The van der Waals surface area contributed by atoms with Crippen LogP contribution in [0.5, 0.6) is 11.5 Å². The molecule has 1 N–H and O–H groups in total. The maximum absolute atomic E-state index is 13.0. The van der Waals surface area contributed by atoms with Gasteiger partial charge in [0, 0.05) is 18.3 Å². The first kappa shape index (κ1) is 19.1. The molecule has 0 bridgehead atoms. The summed E-state index contributed by atoms with van der Waals surface area (Å²) in [5, 5.41) is 7.81. The van der Waals surface area contributed by atoms with E-state index in [0.717, 1.165) is 11.3 Å². The topological polar surface area (TPSA) is 65.4 Å². The van der Waals surface area contributed by atoms with Crippen LogP contribution in [0.3, 0.4) is 0 Å². The quantitative estimate of drug-likeness (QED) is 0.659. The minimum absolute atomic E-state index is 0.126. The summed E-state index contributed by atoms with van der Waals surface area (Å²) < 4.78 is 12.6. The third kappa shape index (κ3) is 3.97. The molecule has 2 aromatic carbocycles. The van der Waals surface area contributed by atoms with Gasteiger partial charge in [0.25, 0.3) is 5.91 Å². The Morgan fingerprint density at radius 1 is 1.14 bits per heavy atom. The second-order valence-corrected chi connectivity index (χ2v) is 7.24. The van der Waals surface area contributed by atoms with Gasteiger partial charge in [0.05, 0.1) is 25.5 Å². The van der Waals surface area contributed by atoms with Crippen molar-refractivity contribution < 1.29 is 14.3 Å². The molecule has 1 saturated carbocycles. The van der Waals surface area contributed by atoms with Gasteiger partial charge in [-0.15, -0.1) is 0 Å². The van der Waals surface area contributed by atoms with Crippen LogP contribution in [0.1, 0.15) is 29.6 Å². The van der Waals surface area contributed by atoms with E-state index in [1.165, 1.54) is 19.3 Å². The maximum atomic E-state index is 13.0. The Morgan fingerprint density at radius 3 is 2.59 bits per heavy atom. The fraction of sp³-hybridized carbons (Fsp3) is 0.304. The van der Waals surface area contributed by atoms with Gasteiger partial charge in [-0.25, -0.2) is 4.68 Å². The van der Waals surface area contributed by atoms with Gasteiger partial charge in [0.15, 0.2) is 0 Å². The average Bonchev–Trinajstić information content (AvgIpc) is 3.18. The molecule has 150 valence electrons. The molecule has 4 rings (SSSR count). The third-order valence-corrected chi connectivity index (χ3v) is 5.42. The first-order chi connectivity index (χ1) is 14.2. The number of aromatic nitrogens is 2. The number of rotatable bonds is 7. The third-order valence-electron chi connectivity index (χ3n) is 5.42. The summed E-state index contributed by atoms with van der Waals surface area (Å²) in [7, 11) is 3.22. The van der Waals surface area contributed by atoms with Crippen LogP contribution in [-0.4, -0.2) is 36.5 Å². The molecule has 0 unspecified atom stereocenters. The monoisotopic (exact) mass is 391 g/mol. The van der Waals surface area contributed by atoms with E-state index < -0.39 is 0 Å². The fourth-order valence-corrected chi connectivity index (χ4v) is 3.48. The lowest BCUT2D eigenvalue weighted by atomic mass is 9.85. The molecule has 1 fully saturated rings. The number of nitrogens with one attached hydrogen (secondary N) is 1. The molecule has 0 spiro atoms. The molecule has 3 aromatic rings. The summed E-state index contributed by atoms with van der Waals surface area (Å²) in [5.41, 5.74) is 2.68. The second kappa shape index (κ2) is 8.39. The summed E-state index contributed by atoms with van der Waals surface area (Å²) in [4.78, 5) is 13.0. The molecule has 0 saturated heterocycles. The number of benzene rings is 2. The van der Waals surface area contributed by atoms with Crippen LogP contribution in [0.25, 0.3) is 16.9 Å². The van der Waals surface area contributed by atoms with E-state index in [-0.39, 0.29) is 5.91 Å². The zero-order chi connectivity index (χ0) is 20.2. The van der Waals surface area contributed by atoms with E-state index in [0.29, 0.717) is 35.2 Å². The van der Waals surface area contributed by atoms with Gasteiger partial charge in [0.1, 0.15) is 17.2 Å². The Labute approximate surface area is 170 Å². The number of ether oxygens (including phenoxy) is 2. The fourth-order valence-electron chi connectivity index (χ4n) is 3.48. The lowest BCUT2D eigenvalue weighted by molar-refractivity contribution is 0.0939. The van der Waals surface area contributed by atoms with Crippen LogP contribution in [0.4, 0.5) is 0 Å². The van der Waals surface area contributed by atoms with E-state index in [4.69, 9.17) is 14.6 Å². The van der Waals surface area contributed by atoms with Crippen LogP contribution in [-0.2, 0) is 0 Å². The van der Waals surface area contributed by atoms with Gasteiger partial charge in [-0.3, -0.25) is 4.79 Å². The Hall–Kier alpha value is -3.28. The maximum Gasteiger partial charge on any atom is 0.255 e. The summed E-state index contributed by atoms with van der Waals surface area (Å²) in [6.07, 6.45) is 5.39. The number of amides is 1. The first-order valence-corrected chi connectivity index (χ1v) is 9.85. The SMILES string of the molecule is COc1ccc(OC)c(-c2nn(-c3ccccc3)cc2C(=O)NCC2CCC2)c1. The lowest BCUT2D eigenvalue weighted by Gasteiger charge is -2.25. The van der Waals surface area contributed by atoms with Crippen molar-refractivity contribution in [2.75, 3.05) is 20.8 Å². The largest absolute Gasteiger partial charge is 0.497 e. The zero-order valence-electron chi connectivity index (χ0n) is 16.7. The predicted octanol–water partition coefficient (Wildman–Crippen LogP) is 4.09. The molecule has 1 aliphatic rings. The van der Waals surface area contributed by atoms with E-state index >= 15 is 0 Å². The molecule has 6 nitrogen and oxygen atoms in total. The van der Waals surface area contributed by atoms with Gasteiger partial charge in [0.2, 0.25) is 0 Å². The predicted molar refractivity (Wildman–Crippen MR) is 112 cm³/mol. The van der Waals surface area contributed by atoms with Gasteiger partial charge in [-0.05, 0) is 49.1 Å². The van der Waals surface area contributed by atoms with Crippen LogP contribution in [0, 0.1) is 5.92 Å². The highest BCUT2D eigenvalue weighted by atomic mass is 16.5. The summed E-state index contributed by atoms with van der Waals surface area (Å²) in [6, 6.07) is 15.2. The standard InChI is InChI=1S/C23H25N3O3/c1-28-18-11-12-21(29-2)19(13-18)22-20(23(27)24-14-16-7-6-8-16)15-26(25-22)17-9-4-3-5-10-17/h3-5,9-13,15-16H,6-8,14H2,1-2H3,(H,24,27). The highest BCUT2D eigenvalue weighted by Crippen LogP contribution is 2.35. The summed E-state index contributed by atoms with van der Waals surface area (Å²) >= 11 is 0. The van der Waals surface area contributed by atoms with Gasteiger partial charge in [-0.1, -0.05) is 24.6 Å². The number of carbonyl (C=O) groups is 1. The second-order valence-electron chi connectivity index (χ2n) is 7.24. The molecule has 0 aliphatic heterocycles. The average molecular weight is 391 g/mol. The van der Waals surface area contributed by atoms with Crippen LogP contribution in [0.2, 0.25) is 0 Å². The first-order valence-electron chi connectivity index (χ1n) is 9.85. The molecule has 1 heterocycles. The highest BCUT2D eigenvalue weighted by Gasteiger charge is 2.24. The van der Waals surface area contributed by atoms with E-state index in [9.17, 15) is 4.79 Å². The van der Waals surface area contributed by atoms with Crippen molar-refractivity contribution in [1.82, 2.24) is 15.1 Å². The highest BCUT2D eigenvalue weighted by molar-refractivity contribution is 6.00. The van der Waals surface area contributed by atoms with Crippen molar-refractivity contribution in [3.05, 3.63) is 60.3 Å². The molecule has 6 heteroatoms. The van der Waals surface area contributed by atoms with Crippen molar-refractivity contribution in [1.29, 1.82) is 0 Å². The van der Waals surface area contributed by atoms with Gasteiger partial charge < -0.3 is 14.8 Å². The molecule has 0 atom stereocenters. The van der Waals surface area contributed by atoms with Crippen molar-refractivity contribution >= 4 is 5.91 Å². The molecule has 0 radical (unpaired) electrons. The Bertz CT molecular complexity index is 994. The van der Waals surface area contributed by atoms with E-state index in [1.54, 1.807) is 25.1 Å². The van der Waals surface area contributed by atoms with Crippen LogP contribution >= 0.6 is 0 Å². The lowest BCUT2D eigenvalue weighted by Crippen LogP contribution is -2.32. The van der Waals surface area contributed by atoms with Crippen molar-refractivity contribution in [2.45, 2.75) is 19.3 Å². The molecule has 1 aliphatic carbocycles. The number of para-hydroxylation sites is 1. The number of hydrogen-bond donors (Lipinski definition) is 1. The number of carbonyl (C=O) groups excluding carboxylic acids is 1. The van der Waals surface area contributed by atoms with Crippen molar-refractivity contribution in [2.24, 2.45) is 5.92 Å². The van der Waals surface area contributed by atoms with Crippen molar-refractivity contribution in [3.63, 3.8) is 0 Å². The molecular formula is C23H25N3O3. The van der Waals surface area contributed by atoms with Gasteiger partial charge >= 0.3 is 0 Å². The van der Waals surface area contributed by atoms with Crippen LogP contribution in [0.15, 0.2) is 54.7 Å². The molecular weight excluding hydrogens is 366 g/mol. The smallest absolute Gasteiger partial charge is 0.255 e. The Kier molecular flexibility index (Phi) is 5.51. The molecule has 1 aromatic heterocycles. The zero-order valence-corrected chi connectivity index (χ0v) is 16.7. The van der Waals surface area contributed by atoms with E-state index in [2.05, 4.69) is 5.32 Å². The van der Waals surface area contributed by atoms with Gasteiger partial charge in [-0.2, -0.15) is 5.10 Å². The van der Waals surface area contributed by atoms with Crippen molar-refractivity contribution in [3.8, 4) is 28.4 Å². The molecule has 1 amide bonds. The molecule has 29 heavy (non-hydrogen) atoms. The Morgan fingerprint density at radius 2 is 1.93 bits per heavy atom. The minimum Gasteiger partial charge on any atom is -0.497 e. The normalized spacial score (nSPS) is 13.6. The summed E-state index contributed by atoms with van der Waals surface area (Å²) in [5.74, 6) is 1.77. The number of hydrogen-bond acceptors (Lipinski definition) is 4. The summed E-state index contributed by atoms with van der Waals surface area (Å²) in [6.45, 7) is 0.698.